The van der Waals surface area contributed by atoms with Gasteiger partial charge in [-0.25, -0.2) is 4.79 Å². The molecule has 1 aromatic rings. The highest BCUT2D eigenvalue weighted by atomic mass is 16.3. The summed E-state index contributed by atoms with van der Waals surface area (Å²) in [7, 11) is 0. The van der Waals surface area contributed by atoms with E-state index in [2.05, 4.69) is 17.6 Å². The molecule has 1 fully saturated rings. The average molecular weight is 262 g/mol. The maximum Gasteiger partial charge on any atom is 0.315 e. The van der Waals surface area contributed by atoms with Gasteiger partial charge in [-0.2, -0.15) is 0 Å². The van der Waals surface area contributed by atoms with Crippen LogP contribution in [-0.4, -0.2) is 17.7 Å². The Balaban J connectivity index is 1.76. The van der Waals surface area contributed by atoms with E-state index in [4.69, 9.17) is 0 Å². The number of aliphatic hydroxyl groups excluding tert-OH is 1. The van der Waals surface area contributed by atoms with Crippen molar-refractivity contribution in [1.82, 2.24) is 10.6 Å². The number of hydrogen-bond donors (Lipinski definition) is 3. The van der Waals surface area contributed by atoms with E-state index in [1.165, 1.54) is 19.3 Å². The van der Waals surface area contributed by atoms with E-state index in [0.29, 0.717) is 12.0 Å². The third kappa shape index (κ3) is 3.70. The molecule has 4 nitrogen and oxygen atoms in total. The third-order valence-electron chi connectivity index (χ3n) is 3.96. The van der Waals surface area contributed by atoms with Crippen molar-refractivity contribution in [2.45, 2.75) is 39.3 Å². The van der Waals surface area contributed by atoms with Gasteiger partial charge in [0.05, 0.1) is 6.61 Å². The predicted molar refractivity (Wildman–Crippen MR) is 74.6 cm³/mol. The molecule has 0 spiro atoms. The molecule has 0 saturated heterocycles. The number of urea groups is 1. The first-order valence-electron chi connectivity index (χ1n) is 6.82. The number of nitrogens with one attached hydrogen (secondary N) is 2. The lowest BCUT2D eigenvalue weighted by Crippen LogP contribution is -2.44. The average Bonchev–Trinajstić information content (AvgIpc) is 2.41. The first-order chi connectivity index (χ1) is 9.13. The van der Waals surface area contributed by atoms with Gasteiger partial charge in [0.25, 0.3) is 0 Å². The molecule has 2 amide bonds. The molecule has 4 heteroatoms. The minimum Gasteiger partial charge on any atom is -0.392 e. The standard InChI is InChI=1S/C15H22N2O2/c1-15(7-4-8-15)11-17-14(19)16-9-12-5-2-3-6-13(12)10-18/h2-3,5-6,18H,4,7-11H2,1H3,(H2,16,17,19). The van der Waals surface area contributed by atoms with Crippen molar-refractivity contribution < 1.29 is 9.90 Å². The van der Waals surface area contributed by atoms with E-state index in [-0.39, 0.29) is 12.6 Å². The van der Waals surface area contributed by atoms with E-state index in [9.17, 15) is 9.90 Å². The number of rotatable bonds is 5. The van der Waals surface area contributed by atoms with Gasteiger partial charge in [-0.15, -0.1) is 0 Å². The molecule has 1 saturated carbocycles. The molecule has 1 aliphatic carbocycles. The molecular formula is C15H22N2O2. The summed E-state index contributed by atoms with van der Waals surface area (Å²) in [5.41, 5.74) is 2.10. The van der Waals surface area contributed by atoms with Gasteiger partial charge in [-0.1, -0.05) is 37.6 Å². The van der Waals surface area contributed by atoms with Gasteiger partial charge >= 0.3 is 6.03 Å². The maximum absolute atomic E-state index is 11.7. The Kier molecular flexibility index (Phi) is 4.43. The zero-order valence-corrected chi connectivity index (χ0v) is 11.4. The van der Waals surface area contributed by atoms with Crippen LogP contribution >= 0.6 is 0 Å². The topological polar surface area (TPSA) is 61.4 Å². The molecule has 0 aromatic heterocycles. The Bertz CT molecular complexity index is 442. The van der Waals surface area contributed by atoms with Crippen LogP contribution < -0.4 is 10.6 Å². The fourth-order valence-electron chi connectivity index (χ4n) is 2.37. The van der Waals surface area contributed by atoms with Crippen LogP contribution in [0.5, 0.6) is 0 Å². The molecule has 0 aliphatic heterocycles. The zero-order chi connectivity index (χ0) is 13.7. The van der Waals surface area contributed by atoms with E-state index >= 15 is 0 Å². The van der Waals surface area contributed by atoms with Crippen molar-refractivity contribution in [2.24, 2.45) is 5.41 Å². The number of carbonyl (C=O) groups excluding carboxylic acids is 1. The molecule has 0 radical (unpaired) electrons. The second-order valence-corrected chi connectivity index (χ2v) is 5.63. The normalized spacial score (nSPS) is 16.5. The van der Waals surface area contributed by atoms with Crippen molar-refractivity contribution in [2.75, 3.05) is 6.54 Å². The molecule has 1 aromatic carbocycles. The van der Waals surface area contributed by atoms with Gasteiger partial charge in [0.1, 0.15) is 0 Å². The third-order valence-corrected chi connectivity index (χ3v) is 3.96. The Hall–Kier alpha value is -1.55. The van der Waals surface area contributed by atoms with Gasteiger partial charge in [0.2, 0.25) is 0 Å². The first kappa shape index (κ1) is 13.9. The smallest absolute Gasteiger partial charge is 0.315 e. The Morgan fingerprint density at radius 1 is 1.26 bits per heavy atom. The minimum atomic E-state index is -0.138. The highest BCUT2D eigenvalue weighted by molar-refractivity contribution is 5.73. The van der Waals surface area contributed by atoms with Crippen LogP contribution in [-0.2, 0) is 13.2 Å². The van der Waals surface area contributed by atoms with Crippen LogP contribution in [0.15, 0.2) is 24.3 Å². The van der Waals surface area contributed by atoms with E-state index < -0.39 is 0 Å². The summed E-state index contributed by atoms with van der Waals surface area (Å²) in [6, 6.07) is 7.43. The molecule has 1 aliphatic rings. The van der Waals surface area contributed by atoms with Crippen LogP contribution in [0.4, 0.5) is 4.79 Å². The fourth-order valence-corrected chi connectivity index (χ4v) is 2.37. The maximum atomic E-state index is 11.7. The second kappa shape index (κ2) is 6.06. The highest BCUT2D eigenvalue weighted by Gasteiger charge is 2.31. The number of amides is 2. The molecule has 0 heterocycles. The molecule has 0 bridgehead atoms. The van der Waals surface area contributed by atoms with Gasteiger partial charge in [0, 0.05) is 13.1 Å². The Morgan fingerprint density at radius 3 is 2.53 bits per heavy atom. The SMILES string of the molecule is CC1(CNC(=O)NCc2ccccc2CO)CCC1. The fraction of sp³-hybridized carbons (Fsp3) is 0.533. The number of benzene rings is 1. The summed E-state index contributed by atoms with van der Waals surface area (Å²) >= 11 is 0. The summed E-state index contributed by atoms with van der Waals surface area (Å²) in [6.45, 7) is 3.38. The van der Waals surface area contributed by atoms with Gasteiger partial charge in [0.15, 0.2) is 0 Å². The Labute approximate surface area is 114 Å². The molecule has 2 rings (SSSR count). The van der Waals surface area contributed by atoms with E-state index in [0.717, 1.165) is 17.7 Å². The van der Waals surface area contributed by atoms with Gasteiger partial charge in [-0.3, -0.25) is 0 Å². The summed E-state index contributed by atoms with van der Waals surface area (Å²) in [5, 5.41) is 15.0. The van der Waals surface area contributed by atoms with Gasteiger partial charge < -0.3 is 15.7 Å². The monoisotopic (exact) mass is 262 g/mol. The molecule has 0 atom stereocenters. The lowest BCUT2D eigenvalue weighted by atomic mass is 9.70. The predicted octanol–water partition coefficient (Wildman–Crippen LogP) is 2.17. The summed E-state index contributed by atoms with van der Waals surface area (Å²) in [6.07, 6.45) is 3.66. The van der Waals surface area contributed by atoms with Crippen molar-refractivity contribution >= 4 is 6.03 Å². The van der Waals surface area contributed by atoms with Crippen LogP contribution in [0.25, 0.3) is 0 Å². The summed E-state index contributed by atoms with van der Waals surface area (Å²) < 4.78 is 0. The van der Waals surface area contributed by atoms with E-state index in [1.807, 2.05) is 24.3 Å². The molecule has 0 unspecified atom stereocenters. The minimum absolute atomic E-state index is 0.00244. The Morgan fingerprint density at radius 2 is 1.95 bits per heavy atom. The molecule has 19 heavy (non-hydrogen) atoms. The zero-order valence-electron chi connectivity index (χ0n) is 11.4. The lowest BCUT2D eigenvalue weighted by Gasteiger charge is -2.38. The molecular weight excluding hydrogens is 240 g/mol. The van der Waals surface area contributed by atoms with Crippen LogP contribution in [0.3, 0.4) is 0 Å². The van der Waals surface area contributed by atoms with Crippen LogP contribution in [0, 0.1) is 5.41 Å². The van der Waals surface area contributed by atoms with Crippen molar-refractivity contribution in [3.63, 3.8) is 0 Å². The number of carbonyl (C=O) groups is 1. The number of aliphatic hydroxyl groups is 1. The van der Waals surface area contributed by atoms with Crippen molar-refractivity contribution in [1.29, 1.82) is 0 Å². The number of hydrogen-bond acceptors (Lipinski definition) is 2. The summed E-state index contributed by atoms with van der Waals surface area (Å²) in [4.78, 5) is 11.7. The van der Waals surface area contributed by atoms with Crippen LogP contribution in [0.1, 0.15) is 37.3 Å². The van der Waals surface area contributed by atoms with Crippen LogP contribution in [0.2, 0.25) is 0 Å². The lowest BCUT2D eigenvalue weighted by molar-refractivity contribution is 0.157. The van der Waals surface area contributed by atoms with Crippen molar-refractivity contribution in [3.05, 3.63) is 35.4 Å². The highest BCUT2D eigenvalue weighted by Crippen LogP contribution is 2.39. The summed E-state index contributed by atoms with van der Waals surface area (Å²) in [5.74, 6) is 0. The second-order valence-electron chi connectivity index (χ2n) is 5.63. The molecule has 3 N–H and O–H groups in total. The van der Waals surface area contributed by atoms with Crippen molar-refractivity contribution in [3.8, 4) is 0 Å². The van der Waals surface area contributed by atoms with E-state index in [1.54, 1.807) is 0 Å². The molecule has 104 valence electrons. The first-order valence-corrected chi connectivity index (χ1v) is 6.82. The quantitative estimate of drug-likeness (QED) is 0.761. The van der Waals surface area contributed by atoms with Gasteiger partial charge in [-0.05, 0) is 29.4 Å². The largest absolute Gasteiger partial charge is 0.392 e.